The fraction of sp³-hybridized carbons (Fsp3) is 0.951. The summed E-state index contributed by atoms with van der Waals surface area (Å²) < 4.78 is 16.9. The average molecular weight is 948 g/mol. The maximum absolute atomic E-state index is 12.8. The molecule has 0 aromatic carbocycles. The minimum Gasteiger partial charge on any atom is -0.462 e. The van der Waals surface area contributed by atoms with Gasteiger partial charge in [0, 0.05) is 19.3 Å². The molecule has 0 amide bonds. The van der Waals surface area contributed by atoms with Crippen molar-refractivity contribution in [1.82, 2.24) is 0 Å². The van der Waals surface area contributed by atoms with Gasteiger partial charge in [-0.1, -0.05) is 304 Å². The van der Waals surface area contributed by atoms with Crippen LogP contribution in [0.15, 0.2) is 0 Å². The lowest BCUT2D eigenvalue weighted by atomic mass is 9.99. The van der Waals surface area contributed by atoms with Gasteiger partial charge in [-0.15, -0.1) is 0 Å². The summed E-state index contributed by atoms with van der Waals surface area (Å²) in [6.45, 7) is 11.4. The van der Waals surface area contributed by atoms with Crippen LogP contribution < -0.4 is 0 Å². The Balaban J connectivity index is 4.27. The van der Waals surface area contributed by atoms with Crippen molar-refractivity contribution in [2.75, 3.05) is 13.2 Å². The van der Waals surface area contributed by atoms with Crippen LogP contribution in [0.25, 0.3) is 0 Å². The van der Waals surface area contributed by atoms with Crippen LogP contribution in [-0.2, 0) is 28.6 Å². The number of carbonyl (C=O) groups is 3. The molecule has 1 unspecified atom stereocenters. The van der Waals surface area contributed by atoms with Crippen LogP contribution in [0.3, 0.4) is 0 Å². The molecule has 67 heavy (non-hydrogen) atoms. The first-order valence-corrected chi connectivity index (χ1v) is 30.3. The lowest BCUT2D eigenvalue weighted by Gasteiger charge is -2.18. The molecule has 0 aromatic rings. The van der Waals surface area contributed by atoms with E-state index in [-0.39, 0.29) is 31.1 Å². The topological polar surface area (TPSA) is 78.9 Å². The lowest BCUT2D eigenvalue weighted by molar-refractivity contribution is -0.167. The number of carbonyl (C=O) groups excluding carboxylic acids is 3. The molecule has 398 valence electrons. The fourth-order valence-corrected chi connectivity index (χ4v) is 9.37. The largest absolute Gasteiger partial charge is 0.462 e. The summed E-state index contributed by atoms with van der Waals surface area (Å²) in [5.74, 6) is 0.875. The van der Waals surface area contributed by atoms with Crippen LogP contribution in [-0.4, -0.2) is 37.2 Å². The molecule has 0 aromatic heterocycles. The smallest absolute Gasteiger partial charge is 0.306 e. The molecule has 0 spiro atoms. The molecule has 0 rings (SSSR count). The van der Waals surface area contributed by atoms with Gasteiger partial charge in [-0.05, 0) is 31.1 Å². The SMILES string of the molecule is CCCCCCCCCCCCCCCCCCCCC(=O)OC[C@H](COC(=O)CCCCCCCCCCCCCCCCC(C)CC)OC(=O)CCCCCCCCCCCCC(C)C. The molecule has 0 heterocycles. The molecule has 0 aliphatic heterocycles. The second kappa shape index (κ2) is 53.8. The number of unbranched alkanes of at least 4 members (excludes halogenated alkanes) is 39. The van der Waals surface area contributed by atoms with Crippen LogP contribution in [0.1, 0.15) is 343 Å². The Labute approximate surface area is 418 Å². The highest BCUT2D eigenvalue weighted by Crippen LogP contribution is 2.19. The summed E-state index contributed by atoms with van der Waals surface area (Å²) in [5, 5.41) is 0. The second-order valence-electron chi connectivity index (χ2n) is 21.7. The third-order valence-electron chi connectivity index (χ3n) is 14.3. The molecule has 2 atom stereocenters. The standard InChI is InChI=1S/C61H118O6/c1-6-8-9-10-11-12-13-14-15-16-17-18-22-25-31-36-41-46-51-59(62)65-54-58(67-61(64)53-48-43-38-33-28-27-29-34-39-44-49-56(3)4)55-66-60(63)52-47-42-37-32-26-23-20-19-21-24-30-35-40-45-50-57(5)7-2/h56-58H,6-55H2,1-5H3/t57?,58-/m1/s1. The van der Waals surface area contributed by atoms with Gasteiger partial charge < -0.3 is 14.2 Å². The van der Waals surface area contributed by atoms with Crippen molar-refractivity contribution in [2.45, 2.75) is 349 Å². The van der Waals surface area contributed by atoms with Crippen molar-refractivity contribution in [1.29, 1.82) is 0 Å². The first-order valence-electron chi connectivity index (χ1n) is 30.3. The van der Waals surface area contributed by atoms with E-state index < -0.39 is 6.10 Å². The van der Waals surface area contributed by atoms with E-state index in [9.17, 15) is 14.4 Å². The van der Waals surface area contributed by atoms with Crippen LogP contribution in [0.2, 0.25) is 0 Å². The van der Waals surface area contributed by atoms with Crippen LogP contribution in [0, 0.1) is 11.8 Å². The van der Waals surface area contributed by atoms with Gasteiger partial charge in [0.1, 0.15) is 13.2 Å². The van der Waals surface area contributed by atoms with Crippen molar-refractivity contribution in [3.63, 3.8) is 0 Å². The van der Waals surface area contributed by atoms with E-state index in [0.717, 1.165) is 69.6 Å². The lowest BCUT2D eigenvalue weighted by Crippen LogP contribution is -2.30. The molecule has 0 N–H and O–H groups in total. The Kier molecular flexibility index (Phi) is 52.5. The zero-order chi connectivity index (χ0) is 48.9. The summed E-state index contributed by atoms with van der Waals surface area (Å²) in [6, 6.07) is 0. The van der Waals surface area contributed by atoms with Gasteiger partial charge in [0.2, 0.25) is 0 Å². The summed E-state index contributed by atoms with van der Waals surface area (Å²) in [5.41, 5.74) is 0. The van der Waals surface area contributed by atoms with Crippen molar-refractivity contribution in [3.05, 3.63) is 0 Å². The predicted octanol–water partition coefficient (Wildman–Crippen LogP) is 20.0. The first kappa shape index (κ1) is 65.4. The minimum absolute atomic E-state index is 0.0626. The summed E-state index contributed by atoms with van der Waals surface area (Å²) >= 11 is 0. The highest BCUT2D eigenvalue weighted by atomic mass is 16.6. The van der Waals surface area contributed by atoms with Crippen molar-refractivity contribution >= 4 is 17.9 Å². The third-order valence-corrected chi connectivity index (χ3v) is 14.3. The summed E-state index contributed by atoms with van der Waals surface area (Å²) in [7, 11) is 0. The van der Waals surface area contributed by atoms with Gasteiger partial charge in [-0.25, -0.2) is 0 Å². The highest BCUT2D eigenvalue weighted by Gasteiger charge is 2.19. The summed E-state index contributed by atoms with van der Waals surface area (Å²) in [6.07, 6.45) is 58.1. The number of rotatable bonds is 55. The van der Waals surface area contributed by atoms with Gasteiger partial charge in [0.25, 0.3) is 0 Å². The zero-order valence-corrected chi connectivity index (χ0v) is 46.0. The van der Waals surface area contributed by atoms with E-state index in [4.69, 9.17) is 14.2 Å². The molecule has 0 aliphatic carbocycles. The number of hydrogen-bond donors (Lipinski definition) is 0. The quantitative estimate of drug-likeness (QED) is 0.0343. The Morgan fingerprint density at radius 1 is 0.313 bits per heavy atom. The normalized spacial score (nSPS) is 12.4. The Morgan fingerprint density at radius 2 is 0.567 bits per heavy atom. The molecule has 6 nitrogen and oxygen atoms in total. The fourth-order valence-electron chi connectivity index (χ4n) is 9.37. The molecule has 0 bridgehead atoms. The van der Waals surface area contributed by atoms with Crippen molar-refractivity contribution in [2.24, 2.45) is 11.8 Å². The molecule has 0 saturated carbocycles. The van der Waals surface area contributed by atoms with Crippen LogP contribution in [0.4, 0.5) is 0 Å². The van der Waals surface area contributed by atoms with E-state index in [1.165, 1.54) is 231 Å². The minimum atomic E-state index is -0.763. The zero-order valence-electron chi connectivity index (χ0n) is 46.0. The molecule has 0 saturated heterocycles. The Bertz CT molecular complexity index is 1030. The van der Waals surface area contributed by atoms with Gasteiger partial charge in [-0.3, -0.25) is 14.4 Å². The van der Waals surface area contributed by atoms with Crippen LogP contribution >= 0.6 is 0 Å². The summed E-state index contributed by atoms with van der Waals surface area (Å²) in [4.78, 5) is 38.2. The van der Waals surface area contributed by atoms with Crippen molar-refractivity contribution < 1.29 is 28.6 Å². The number of ether oxygens (including phenoxy) is 3. The number of hydrogen-bond acceptors (Lipinski definition) is 6. The molecule has 0 aliphatic rings. The maximum Gasteiger partial charge on any atom is 0.306 e. The van der Waals surface area contributed by atoms with Gasteiger partial charge in [0.05, 0.1) is 0 Å². The molecule has 6 heteroatoms. The van der Waals surface area contributed by atoms with E-state index in [0.29, 0.717) is 19.3 Å². The molecule has 0 fully saturated rings. The monoisotopic (exact) mass is 947 g/mol. The second-order valence-corrected chi connectivity index (χ2v) is 21.7. The van der Waals surface area contributed by atoms with Crippen LogP contribution in [0.5, 0.6) is 0 Å². The van der Waals surface area contributed by atoms with E-state index in [1.807, 2.05) is 0 Å². The number of esters is 3. The van der Waals surface area contributed by atoms with Crippen molar-refractivity contribution in [3.8, 4) is 0 Å². The Morgan fingerprint density at radius 3 is 0.851 bits per heavy atom. The average Bonchev–Trinajstić information content (AvgIpc) is 3.31. The molecular formula is C61H118O6. The third kappa shape index (κ3) is 53.6. The Hall–Kier alpha value is -1.59. The van der Waals surface area contributed by atoms with E-state index in [2.05, 4.69) is 34.6 Å². The van der Waals surface area contributed by atoms with Gasteiger partial charge >= 0.3 is 17.9 Å². The first-order chi connectivity index (χ1) is 32.8. The predicted molar refractivity (Wildman–Crippen MR) is 289 cm³/mol. The molecule has 0 radical (unpaired) electrons. The van der Waals surface area contributed by atoms with Gasteiger partial charge in [0.15, 0.2) is 6.10 Å². The highest BCUT2D eigenvalue weighted by molar-refractivity contribution is 5.71. The van der Waals surface area contributed by atoms with E-state index in [1.54, 1.807) is 0 Å². The van der Waals surface area contributed by atoms with Gasteiger partial charge in [-0.2, -0.15) is 0 Å². The molecular weight excluding hydrogens is 829 g/mol. The van der Waals surface area contributed by atoms with E-state index >= 15 is 0 Å². The maximum atomic E-state index is 12.8.